The maximum absolute atomic E-state index is 13.1. The van der Waals surface area contributed by atoms with Crippen LogP contribution in [0.5, 0.6) is 5.75 Å². The van der Waals surface area contributed by atoms with Gasteiger partial charge in [0.05, 0.1) is 0 Å². The maximum Gasteiger partial charge on any atom is 0.344 e. The van der Waals surface area contributed by atoms with Gasteiger partial charge in [-0.3, -0.25) is 0 Å². The van der Waals surface area contributed by atoms with Gasteiger partial charge in [-0.05, 0) is 121 Å². The fourth-order valence-electron chi connectivity index (χ4n) is 11.5. The predicted octanol–water partition coefficient (Wildman–Crippen LogP) is 11.1. The molecular formula is C45H58O5. The number of esters is 1. The molecule has 8 unspecified atom stereocenters. The van der Waals surface area contributed by atoms with Crippen LogP contribution in [0.15, 0.2) is 69.4 Å². The molecule has 4 aliphatic rings. The van der Waals surface area contributed by atoms with Crippen molar-refractivity contribution in [3.63, 3.8) is 0 Å². The lowest BCUT2D eigenvalue weighted by molar-refractivity contribution is -0.153. The van der Waals surface area contributed by atoms with Crippen LogP contribution in [-0.4, -0.2) is 18.7 Å². The monoisotopic (exact) mass is 678 g/mol. The second kappa shape index (κ2) is 14.0. The van der Waals surface area contributed by atoms with E-state index in [1.165, 1.54) is 63.0 Å². The molecule has 0 radical (unpaired) electrons. The molecule has 50 heavy (non-hydrogen) atoms. The Morgan fingerprint density at radius 3 is 2.54 bits per heavy atom. The van der Waals surface area contributed by atoms with Gasteiger partial charge in [-0.15, -0.1) is 0 Å². The van der Waals surface area contributed by atoms with Crippen LogP contribution in [0.4, 0.5) is 0 Å². The van der Waals surface area contributed by atoms with Crippen LogP contribution in [0, 0.1) is 53.3 Å². The van der Waals surface area contributed by atoms with Crippen molar-refractivity contribution in [1.82, 2.24) is 0 Å². The van der Waals surface area contributed by atoms with Crippen LogP contribution < -0.4 is 10.4 Å². The van der Waals surface area contributed by atoms with Crippen LogP contribution in [-0.2, 0) is 9.53 Å². The number of aryl methyl sites for hydroxylation is 1. The van der Waals surface area contributed by atoms with E-state index >= 15 is 0 Å². The first kappa shape index (κ1) is 35.1. The number of rotatable bonds is 10. The first-order valence-corrected chi connectivity index (χ1v) is 19.6. The Kier molecular flexibility index (Phi) is 9.82. The number of hydrogen-bond acceptors (Lipinski definition) is 5. The average Bonchev–Trinajstić information content (AvgIpc) is 3.45. The number of fused-ring (bicyclic) bond motifs is 6. The van der Waals surface area contributed by atoms with Gasteiger partial charge in [-0.25, -0.2) is 9.59 Å². The summed E-state index contributed by atoms with van der Waals surface area (Å²) in [6.45, 7) is 14.2. The van der Waals surface area contributed by atoms with Crippen molar-refractivity contribution in [2.24, 2.45) is 46.3 Å². The van der Waals surface area contributed by atoms with Crippen LogP contribution in [0.3, 0.4) is 0 Å². The van der Waals surface area contributed by atoms with E-state index in [1.807, 2.05) is 49.4 Å². The van der Waals surface area contributed by atoms with Crippen LogP contribution in [0.2, 0.25) is 0 Å². The summed E-state index contributed by atoms with van der Waals surface area (Å²) >= 11 is 0. The SMILES string of the molecule is Cc1c(OCC(=O)OC2CCC3(C)C(=CCC4C3CCC3(C)C(C(C)CCCC(C)C)CCC43)C2)ccc2c(-c3ccccc3)cc(=O)oc12. The van der Waals surface area contributed by atoms with Crippen LogP contribution in [0.1, 0.15) is 111 Å². The molecule has 268 valence electrons. The molecule has 3 fully saturated rings. The third-order valence-electron chi connectivity index (χ3n) is 14.1. The van der Waals surface area contributed by atoms with Gasteiger partial charge in [0.1, 0.15) is 17.4 Å². The van der Waals surface area contributed by atoms with Crippen molar-refractivity contribution in [2.75, 3.05) is 6.61 Å². The van der Waals surface area contributed by atoms with Gasteiger partial charge in [0.25, 0.3) is 0 Å². The first-order valence-electron chi connectivity index (χ1n) is 19.6. The van der Waals surface area contributed by atoms with Crippen molar-refractivity contribution >= 4 is 16.9 Å². The Labute approximate surface area is 299 Å². The summed E-state index contributed by atoms with van der Waals surface area (Å²) in [5.41, 5.74) is 4.75. The number of allylic oxidation sites excluding steroid dienone is 1. The van der Waals surface area contributed by atoms with Crippen molar-refractivity contribution in [1.29, 1.82) is 0 Å². The zero-order valence-corrected chi connectivity index (χ0v) is 31.3. The molecule has 0 spiro atoms. The van der Waals surface area contributed by atoms with Gasteiger partial charge in [0.2, 0.25) is 0 Å². The van der Waals surface area contributed by atoms with E-state index in [0.29, 0.717) is 22.3 Å². The predicted molar refractivity (Wildman–Crippen MR) is 201 cm³/mol. The van der Waals surface area contributed by atoms with E-state index in [0.717, 1.165) is 71.3 Å². The van der Waals surface area contributed by atoms with Gasteiger partial charge >= 0.3 is 11.6 Å². The molecule has 0 aliphatic heterocycles. The molecule has 3 saturated carbocycles. The lowest BCUT2D eigenvalue weighted by Crippen LogP contribution is -2.51. The molecule has 0 amide bonds. The van der Waals surface area contributed by atoms with E-state index in [-0.39, 0.29) is 24.1 Å². The number of carbonyl (C=O) groups is 1. The van der Waals surface area contributed by atoms with Crippen LogP contribution >= 0.6 is 0 Å². The summed E-state index contributed by atoms with van der Waals surface area (Å²) in [5, 5.41) is 0.832. The molecule has 1 aromatic heterocycles. The summed E-state index contributed by atoms with van der Waals surface area (Å²) in [6, 6.07) is 15.1. The van der Waals surface area contributed by atoms with Gasteiger partial charge in [-0.1, -0.05) is 95.9 Å². The minimum absolute atomic E-state index is 0.109. The molecule has 0 saturated heterocycles. The normalized spacial score (nSPS) is 31.0. The summed E-state index contributed by atoms with van der Waals surface area (Å²) in [6.07, 6.45) is 16.2. The number of hydrogen-bond donors (Lipinski definition) is 0. The largest absolute Gasteiger partial charge is 0.481 e. The highest BCUT2D eigenvalue weighted by Crippen LogP contribution is 2.67. The summed E-state index contributed by atoms with van der Waals surface area (Å²) in [4.78, 5) is 25.6. The minimum Gasteiger partial charge on any atom is -0.481 e. The molecule has 8 atom stereocenters. The fourth-order valence-corrected chi connectivity index (χ4v) is 11.5. The van der Waals surface area contributed by atoms with Gasteiger partial charge in [0, 0.05) is 23.4 Å². The minimum atomic E-state index is -0.416. The van der Waals surface area contributed by atoms with Crippen molar-refractivity contribution in [3.8, 4) is 16.9 Å². The van der Waals surface area contributed by atoms with Crippen LogP contribution in [0.25, 0.3) is 22.1 Å². The van der Waals surface area contributed by atoms with Gasteiger partial charge in [0.15, 0.2) is 6.61 Å². The van der Waals surface area contributed by atoms with E-state index in [2.05, 4.69) is 40.7 Å². The van der Waals surface area contributed by atoms with Crippen molar-refractivity contribution < 1.29 is 18.7 Å². The summed E-state index contributed by atoms with van der Waals surface area (Å²) < 4.78 is 17.7. The van der Waals surface area contributed by atoms with Crippen molar-refractivity contribution in [3.05, 3.63) is 76.2 Å². The summed E-state index contributed by atoms with van der Waals surface area (Å²) in [7, 11) is 0. The molecular weight excluding hydrogens is 620 g/mol. The number of benzene rings is 2. The molecule has 4 aliphatic carbocycles. The Hall–Kier alpha value is -3.34. The summed E-state index contributed by atoms with van der Waals surface area (Å²) in [5.74, 6) is 5.07. The van der Waals surface area contributed by atoms with Gasteiger partial charge in [-0.2, -0.15) is 0 Å². The molecule has 5 heteroatoms. The zero-order valence-electron chi connectivity index (χ0n) is 31.3. The van der Waals surface area contributed by atoms with E-state index in [9.17, 15) is 9.59 Å². The molecule has 1 heterocycles. The molecule has 2 aromatic carbocycles. The molecule has 0 bridgehead atoms. The topological polar surface area (TPSA) is 65.7 Å². The highest BCUT2D eigenvalue weighted by molar-refractivity contribution is 5.95. The first-order chi connectivity index (χ1) is 24.0. The van der Waals surface area contributed by atoms with E-state index in [4.69, 9.17) is 13.9 Å². The lowest BCUT2D eigenvalue weighted by atomic mass is 9.47. The zero-order chi connectivity index (χ0) is 35.2. The standard InChI is InChI=1S/C45H58O5/c1-28(2)11-10-12-29(3)37-18-19-38-35-16-15-32-25-33(21-23-44(32,5)39(35)22-24-45(37,38)6)49-42(47)27-48-40-20-17-34-36(31-13-8-7-9-14-31)26-41(46)50-43(34)30(40)4/h7-9,13-15,17,20,26,28-29,33,35,37-39H,10-12,16,18-19,21-25,27H2,1-6H3. The third-order valence-corrected chi connectivity index (χ3v) is 14.1. The maximum atomic E-state index is 13.1. The molecule has 7 rings (SSSR count). The quantitative estimate of drug-likeness (QED) is 0.121. The number of ether oxygens (including phenoxy) is 2. The Balaban J connectivity index is 0.973. The van der Waals surface area contributed by atoms with Crippen molar-refractivity contribution in [2.45, 2.75) is 118 Å². The average molecular weight is 679 g/mol. The highest BCUT2D eigenvalue weighted by atomic mass is 16.6. The second-order valence-corrected chi connectivity index (χ2v) is 17.3. The third kappa shape index (κ3) is 6.48. The smallest absolute Gasteiger partial charge is 0.344 e. The number of carbonyl (C=O) groups excluding carboxylic acids is 1. The lowest BCUT2D eigenvalue weighted by Gasteiger charge is -2.58. The Bertz CT molecular complexity index is 1790. The second-order valence-electron chi connectivity index (χ2n) is 17.3. The fraction of sp³-hybridized carbons (Fsp3) is 0.600. The Morgan fingerprint density at radius 2 is 1.76 bits per heavy atom. The highest BCUT2D eigenvalue weighted by Gasteiger charge is 2.59. The molecule has 5 nitrogen and oxygen atoms in total. The van der Waals surface area contributed by atoms with E-state index < -0.39 is 5.63 Å². The molecule has 0 N–H and O–H groups in total. The molecule has 3 aromatic rings. The Morgan fingerprint density at radius 1 is 0.960 bits per heavy atom. The van der Waals surface area contributed by atoms with E-state index in [1.54, 1.807) is 0 Å². The van der Waals surface area contributed by atoms with Gasteiger partial charge < -0.3 is 13.9 Å².